The average molecular weight is 416 g/mol. The Bertz CT molecular complexity index is 1080. The Hall–Kier alpha value is -2.84. The van der Waals surface area contributed by atoms with Crippen molar-refractivity contribution in [1.82, 2.24) is 14.3 Å². The van der Waals surface area contributed by atoms with Crippen LogP contribution in [0.2, 0.25) is 0 Å². The van der Waals surface area contributed by atoms with Crippen molar-refractivity contribution >= 4 is 0 Å². The predicted octanol–water partition coefficient (Wildman–Crippen LogP) is 2.63. The molecule has 0 aliphatic carbocycles. The van der Waals surface area contributed by atoms with Crippen LogP contribution in [0.1, 0.15) is 22.4 Å². The molecule has 0 bridgehead atoms. The van der Waals surface area contributed by atoms with E-state index in [1.807, 2.05) is 9.58 Å². The van der Waals surface area contributed by atoms with Gasteiger partial charge in [-0.1, -0.05) is 12.1 Å². The van der Waals surface area contributed by atoms with E-state index >= 15 is 0 Å². The molecular weight excluding hydrogens is 393 g/mol. The standard InChI is InChI=1S/C22H23F3N4O/c23-17-3-1-15(2-4-17)13-29-22(30)20-14-27(7-5-21(20)28(29)8-6-26)12-16-9-18(24)11-19(25)10-16/h1-4,9-11H,5-8,12-14,26H2. The van der Waals surface area contributed by atoms with Gasteiger partial charge in [-0.3, -0.25) is 14.4 Å². The van der Waals surface area contributed by atoms with Crippen molar-refractivity contribution < 1.29 is 13.2 Å². The molecule has 8 heteroatoms. The second-order valence-corrected chi connectivity index (χ2v) is 7.56. The minimum Gasteiger partial charge on any atom is -0.329 e. The van der Waals surface area contributed by atoms with Gasteiger partial charge >= 0.3 is 0 Å². The Kier molecular flexibility index (Phi) is 5.78. The zero-order valence-corrected chi connectivity index (χ0v) is 16.5. The van der Waals surface area contributed by atoms with Gasteiger partial charge in [-0.2, -0.15) is 0 Å². The van der Waals surface area contributed by atoms with E-state index in [1.54, 1.807) is 16.8 Å². The Morgan fingerprint density at radius 3 is 2.23 bits per heavy atom. The molecule has 0 saturated heterocycles. The van der Waals surface area contributed by atoms with Gasteiger partial charge < -0.3 is 5.73 Å². The number of nitrogens with two attached hydrogens (primary N) is 1. The highest BCUT2D eigenvalue weighted by atomic mass is 19.1. The van der Waals surface area contributed by atoms with Crippen LogP contribution in [-0.4, -0.2) is 27.4 Å². The lowest BCUT2D eigenvalue weighted by Gasteiger charge is -2.27. The zero-order chi connectivity index (χ0) is 21.3. The maximum absolute atomic E-state index is 13.5. The fourth-order valence-corrected chi connectivity index (χ4v) is 4.09. The summed E-state index contributed by atoms with van der Waals surface area (Å²) in [5, 5.41) is 0. The molecule has 0 atom stereocenters. The first-order valence-electron chi connectivity index (χ1n) is 9.88. The molecule has 3 aromatic rings. The Labute approximate surface area is 172 Å². The molecule has 0 fully saturated rings. The summed E-state index contributed by atoms with van der Waals surface area (Å²) in [6.45, 7) is 2.62. The van der Waals surface area contributed by atoms with E-state index in [-0.39, 0.29) is 11.4 Å². The molecule has 30 heavy (non-hydrogen) atoms. The van der Waals surface area contributed by atoms with Crippen LogP contribution >= 0.6 is 0 Å². The van der Waals surface area contributed by atoms with Crippen molar-refractivity contribution in [3.8, 4) is 0 Å². The largest absolute Gasteiger partial charge is 0.329 e. The van der Waals surface area contributed by atoms with E-state index in [0.717, 1.165) is 17.3 Å². The van der Waals surface area contributed by atoms with Crippen LogP contribution in [0.5, 0.6) is 0 Å². The highest BCUT2D eigenvalue weighted by molar-refractivity contribution is 5.25. The van der Waals surface area contributed by atoms with Gasteiger partial charge in [0.2, 0.25) is 0 Å². The third-order valence-corrected chi connectivity index (χ3v) is 5.41. The lowest BCUT2D eigenvalue weighted by atomic mass is 10.1. The first kappa shape index (κ1) is 20.4. The Morgan fingerprint density at radius 1 is 0.867 bits per heavy atom. The molecule has 158 valence electrons. The first-order chi connectivity index (χ1) is 14.4. The third kappa shape index (κ3) is 4.20. The maximum atomic E-state index is 13.5. The molecular formula is C22H23F3N4O. The fraction of sp³-hybridized carbons (Fsp3) is 0.318. The molecule has 0 amide bonds. The van der Waals surface area contributed by atoms with Gasteiger partial charge in [0.25, 0.3) is 5.56 Å². The van der Waals surface area contributed by atoms with Crippen molar-refractivity contribution in [3.63, 3.8) is 0 Å². The third-order valence-electron chi connectivity index (χ3n) is 5.41. The molecule has 1 aliphatic heterocycles. The van der Waals surface area contributed by atoms with Crippen LogP contribution in [0.25, 0.3) is 0 Å². The Balaban J connectivity index is 1.62. The lowest BCUT2D eigenvalue weighted by Crippen LogP contribution is -2.32. The number of hydrogen-bond donors (Lipinski definition) is 1. The highest BCUT2D eigenvalue weighted by Crippen LogP contribution is 2.20. The predicted molar refractivity (Wildman–Crippen MR) is 107 cm³/mol. The van der Waals surface area contributed by atoms with E-state index in [9.17, 15) is 18.0 Å². The summed E-state index contributed by atoms with van der Waals surface area (Å²) in [5.74, 6) is -1.55. The molecule has 5 nitrogen and oxygen atoms in total. The summed E-state index contributed by atoms with van der Waals surface area (Å²) in [6, 6.07) is 9.53. The van der Waals surface area contributed by atoms with Gasteiger partial charge in [0.1, 0.15) is 17.5 Å². The highest BCUT2D eigenvalue weighted by Gasteiger charge is 2.26. The van der Waals surface area contributed by atoms with Gasteiger partial charge in [0.15, 0.2) is 0 Å². The molecule has 1 aliphatic rings. The second-order valence-electron chi connectivity index (χ2n) is 7.56. The summed E-state index contributed by atoms with van der Waals surface area (Å²) in [6.07, 6.45) is 0.638. The molecule has 2 aromatic carbocycles. The van der Waals surface area contributed by atoms with Gasteiger partial charge in [-0.15, -0.1) is 0 Å². The monoisotopic (exact) mass is 416 g/mol. The minimum atomic E-state index is -0.613. The van der Waals surface area contributed by atoms with E-state index in [2.05, 4.69) is 0 Å². The molecule has 4 rings (SSSR count). The number of halogens is 3. The van der Waals surface area contributed by atoms with E-state index in [4.69, 9.17) is 5.73 Å². The van der Waals surface area contributed by atoms with Gasteiger partial charge in [0, 0.05) is 44.4 Å². The van der Waals surface area contributed by atoms with Crippen molar-refractivity contribution in [2.75, 3.05) is 13.1 Å². The van der Waals surface area contributed by atoms with Gasteiger partial charge in [-0.05, 0) is 35.4 Å². The van der Waals surface area contributed by atoms with Crippen LogP contribution in [0, 0.1) is 17.5 Å². The van der Waals surface area contributed by atoms with Gasteiger partial charge in [0.05, 0.1) is 18.7 Å². The summed E-state index contributed by atoms with van der Waals surface area (Å²) in [7, 11) is 0. The molecule has 2 N–H and O–H groups in total. The van der Waals surface area contributed by atoms with E-state index in [0.29, 0.717) is 56.8 Å². The number of hydrogen-bond acceptors (Lipinski definition) is 3. The summed E-state index contributed by atoms with van der Waals surface area (Å²) in [4.78, 5) is 15.2. The van der Waals surface area contributed by atoms with E-state index in [1.165, 1.54) is 24.3 Å². The normalized spacial score (nSPS) is 14.1. The molecule has 0 unspecified atom stereocenters. The van der Waals surface area contributed by atoms with Crippen LogP contribution in [0.15, 0.2) is 47.3 Å². The average Bonchev–Trinajstić information content (AvgIpc) is 2.95. The SMILES string of the molecule is NCCn1c2c(c(=O)n1Cc1ccc(F)cc1)CN(Cc1cc(F)cc(F)c1)CC2. The number of benzene rings is 2. The van der Waals surface area contributed by atoms with Crippen molar-refractivity contribution in [3.05, 3.63) is 92.7 Å². The zero-order valence-electron chi connectivity index (χ0n) is 16.5. The maximum Gasteiger partial charge on any atom is 0.271 e. The molecule has 0 saturated carbocycles. The summed E-state index contributed by atoms with van der Waals surface area (Å²) in [5.41, 5.74) is 8.63. The number of aromatic nitrogens is 2. The van der Waals surface area contributed by atoms with Crippen molar-refractivity contribution in [2.24, 2.45) is 5.73 Å². The van der Waals surface area contributed by atoms with E-state index < -0.39 is 11.6 Å². The van der Waals surface area contributed by atoms with Crippen molar-refractivity contribution in [2.45, 2.75) is 32.6 Å². The second kappa shape index (κ2) is 8.49. The summed E-state index contributed by atoms with van der Waals surface area (Å²) < 4.78 is 43.8. The van der Waals surface area contributed by atoms with Gasteiger partial charge in [-0.25, -0.2) is 17.9 Å². The van der Waals surface area contributed by atoms with Crippen LogP contribution < -0.4 is 11.3 Å². The molecule has 0 spiro atoms. The van der Waals surface area contributed by atoms with Crippen LogP contribution in [0.3, 0.4) is 0 Å². The Morgan fingerprint density at radius 2 is 1.57 bits per heavy atom. The fourth-order valence-electron chi connectivity index (χ4n) is 4.09. The smallest absolute Gasteiger partial charge is 0.271 e. The summed E-state index contributed by atoms with van der Waals surface area (Å²) >= 11 is 0. The number of nitrogens with zero attached hydrogens (tertiary/aromatic N) is 3. The molecule has 1 aromatic heterocycles. The lowest BCUT2D eigenvalue weighted by molar-refractivity contribution is 0.240. The minimum absolute atomic E-state index is 0.113. The first-order valence-corrected chi connectivity index (χ1v) is 9.88. The van der Waals surface area contributed by atoms with Crippen LogP contribution in [-0.2, 0) is 32.6 Å². The number of fused-ring (bicyclic) bond motifs is 1. The topological polar surface area (TPSA) is 56.2 Å². The number of rotatable bonds is 6. The van der Waals surface area contributed by atoms with Crippen LogP contribution in [0.4, 0.5) is 13.2 Å². The quantitative estimate of drug-likeness (QED) is 0.672. The molecule has 2 heterocycles. The van der Waals surface area contributed by atoms with Crippen molar-refractivity contribution in [1.29, 1.82) is 0 Å². The molecule has 0 radical (unpaired) electrons.